The van der Waals surface area contributed by atoms with E-state index < -0.39 is 42.6 Å². The van der Waals surface area contributed by atoms with E-state index in [4.69, 9.17) is 23.6 Å². The van der Waals surface area contributed by atoms with E-state index in [-0.39, 0.29) is 12.5 Å². The van der Waals surface area contributed by atoms with Crippen LogP contribution in [0.2, 0.25) is 0 Å². The van der Waals surface area contributed by atoms with E-state index in [0.717, 1.165) is 0 Å². The molecular formula is C23H25B2NO8. The Hall–Kier alpha value is -3.30. The summed E-state index contributed by atoms with van der Waals surface area (Å²) in [4.78, 5) is 37.2. The van der Waals surface area contributed by atoms with Gasteiger partial charge in [-0.05, 0) is 0 Å². The molecule has 1 aliphatic rings. The maximum absolute atomic E-state index is 12.9. The van der Waals surface area contributed by atoms with Crippen LogP contribution < -0.4 is 5.32 Å². The predicted octanol–water partition coefficient (Wildman–Crippen LogP) is 0.765. The summed E-state index contributed by atoms with van der Waals surface area (Å²) >= 11 is 0. The fourth-order valence-corrected chi connectivity index (χ4v) is 3.62. The Morgan fingerprint density at radius 2 is 1.56 bits per heavy atom. The topological polar surface area (TPSA) is 109 Å². The zero-order valence-corrected chi connectivity index (χ0v) is 18.9. The van der Waals surface area contributed by atoms with Gasteiger partial charge in [-0.15, -0.1) is 0 Å². The van der Waals surface area contributed by atoms with E-state index in [2.05, 4.69) is 12.7 Å². The number of rotatable bonds is 9. The van der Waals surface area contributed by atoms with Crippen LogP contribution in [0.15, 0.2) is 60.7 Å². The van der Waals surface area contributed by atoms with Crippen molar-refractivity contribution in [1.29, 1.82) is 0 Å². The SMILES string of the molecule is B=BO[C@H]1C(COC(=O)c2ccccc2)O[C@@H](OC)[C@@H](NC(C)=O)C1OC(=O)c1ccccc1. The summed E-state index contributed by atoms with van der Waals surface area (Å²) in [5, 5.41) is 2.70. The van der Waals surface area contributed by atoms with E-state index in [9.17, 15) is 14.4 Å². The van der Waals surface area contributed by atoms with Gasteiger partial charge in [-0.2, -0.15) is 0 Å². The van der Waals surface area contributed by atoms with Gasteiger partial charge < -0.3 is 0 Å². The number of carbonyl (C=O) groups is 3. The van der Waals surface area contributed by atoms with Gasteiger partial charge in [-0.1, -0.05) is 0 Å². The fourth-order valence-electron chi connectivity index (χ4n) is 3.62. The van der Waals surface area contributed by atoms with Crippen molar-refractivity contribution >= 4 is 32.2 Å². The molecule has 0 aromatic heterocycles. The summed E-state index contributed by atoms with van der Waals surface area (Å²) in [7, 11) is 6.14. The number of hydrogen-bond acceptors (Lipinski definition) is 8. The first-order valence-corrected chi connectivity index (χ1v) is 10.6. The van der Waals surface area contributed by atoms with Crippen LogP contribution in [0, 0.1) is 0 Å². The third-order valence-corrected chi connectivity index (χ3v) is 5.14. The summed E-state index contributed by atoms with van der Waals surface area (Å²) < 4.78 is 28.2. The second kappa shape index (κ2) is 12.2. The Bertz CT molecular complexity index is 991. The first-order chi connectivity index (χ1) is 16.4. The Morgan fingerprint density at radius 3 is 2.09 bits per heavy atom. The summed E-state index contributed by atoms with van der Waals surface area (Å²) in [6.45, 7) is 1.10. The van der Waals surface area contributed by atoms with Crippen molar-refractivity contribution in [1.82, 2.24) is 5.32 Å². The molecule has 5 atom stereocenters. The molecule has 1 amide bonds. The molecular weight excluding hydrogens is 440 g/mol. The summed E-state index contributed by atoms with van der Waals surface area (Å²) in [5.41, 5.74) is 0.680. The Balaban J connectivity index is 1.86. The zero-order chi connectivity index (χ0) is 24.5. The normalized spacial score (nSPS) is 23.7. The molecule has 2 unspecified atom stereocenters. The molecule has 176 valence electrons. The molecule has 0 radical (unpaired) electrons. The molecule has 3 rings (SSSR count). The molecule has 1 saturated heterocycles. The van der Waals surface area contributed by atoms with Crippen molar-refractivity contribution < 1.29 is 38.0 Å². The molecule has 2 aromatic carbocycles. The molecule has 1 fully saturated rings. The predicted molar refractivity (Wildman–Crippen MR) is 123 cm³/mol. The van der Waals surface area contributed by atoms with Crippen molar-refractivity contribution in [3.8, 4) is 0 Å². The van der Waals surface area contributed by atoms with Crippen LogP contribution >= 0.6 is 0 Å². The summed E-state index contributed by atoms with van der Waals surface area (Å²) in [6.07, 6.45) is -3.91. The Morgan fingerprint density at radius 1 is 0.971 bits per heavy atom. The summed E-state index contributed by atoms with van der Waals surface area (Å²) in [6, 6.07) is 15.9. The second-order valence-corrected chi connectivity index (χ2v) is 7.47. The molecule has 0 bridgehead atoms. The minimum atomic E-state index is -1.05. The molecule has 1 aliphatic heterocycles. The van der Waals surface area contributed by atoms with E-state index >= 15 is 0 Å². The van der Waals surface area contributed by atoms with Crippen LogP contribution in [0.5, 0.6) is 0 Å². The molecule has 34 heavy (non-hydrogen) atoms. The van der Waals surface area contributed by atoms with Crippen LogP contribution in [-0.2, 0) is 28.4 Å². The van der Waals surface area contributed by atoms with E-state index in [0.29, 0.717) is 11.1 Å². The molecule has 0 aliphatic carbocycles. The van der Waals surface area contributed by atoms with Gasteiger partial charge in [0.2, 0.25) is 0 Å². The van der Waals surface area contributed by atoms with Crippen molar-refractivity contribution in [2.75, 3.05) is 13.7 Å². The van der Waals surface area contributed by atoms with Crippen molar-refractivity contribution in [3.63, 3.8) is 0 Å². The molecule has 9 nitrogen and oxygen atoms in total. The minimum absolute atomic E-state index is 0.224. The third kappa shape index (κ3) is 6.39. The third-order valence-electron chi connectivity index (χ3n) is 5.14. The average Bonchev–Trinajstić information content (AvgIpc) is 2.85. The second-order valence-electron chi connectivity index (χ2n) is 7.47. The first-order valence-electron chi connectivity index (χ1n) is 10.6. The monoisotopic (exact) mass is 465 g/mol. The zero-order valence-electron chi connectivity index (χ0n) is 18.9. The molecule has 1 heterocycles. The van der Waals surface area contributed by atoms with Crippen molar-refractivity contribution in [2.45, 2.75) is 37.6 Å². The van der Waals surface area contributed by atoms with Gasteiger partial charge in [0.15, 0.2) is 0 Å². The number of benzene rings is 2. The number of methoxy groups -OCH3 is 1. The van der Waals surface area contributed by atoms with Gasteiger partial charge in [-0.3, -0.25) is 0 Å². The van der Waals surface area contributed by atoms with Crippen molar-refractivity contribution in [3.05, 3.63) is 71.8 Å². The number of hydrogen-bond donors (Lipinski definition) is 1. The summed E-state index contributed by atoms with van der Waals surface area (Å²) in [5.74, 6) is -1.57. The van der Waals surface area contributed by atoms with Gasteiger partial charge >= 0.3 is 199 Å². The number of nitrogens with one attached hydrogen (secondary N) is 1. The number of amides is 1. The van der Waals surface area contributed by atoms with Gasteiger partial charge in [0.25, 0.3) is 0 Å². The van der Waals surface area contributed by atoms with E-state index in [1.165, 1.54) is 21.0 Å². The standard InChI is InChI=1S/C23H25B2NO8/c1-14(27)26-18-20(33-22(29)16-11-7-4-8-12-16)19(34-25-24)17(32-23(18)30-2)13-31-21(28)15-9-5-3-6-10-15/h3-12,17-20,23-24H,13H2,1-2H3,(H,26,27)/t17?,18-,19-,20?,23+/m0/s1. The first kappa shape index (κ1) is 25.3. The molecule has 0 spiro atoms. The van der Waals surface area contributed by atoms with E-state index in [1.807, 2.05) is 0 Å². The van der Waals surface area contributed by atoms with Gasteiger partial charge in [0.05, 0.1) is 0 Å². The number of carbonyl (C=O) groups excluding carboxylic acids is 3. The van der Waals surface area contributed by atoms with Crippen LogP contribution in [0.4, 0.5) is 0 Å². The van der Waals surface area contributed by atoms with Crippen LogP contribution in [0.3, 0.4) is 0 Å². The average molecular weight is 465 g/mol. The molecule has 0 saturated carbocycles. The van der Waals surface area contributed by atoms with Crippen LogP contribution in [0.25, 0.3) is 0 Å². The number of ether oxygens (including phenoxy) is 4. The quantitative estimate of drug-likeness (QED) is 0.428. The van der Waals surface area contributed by atoms with Gasteiger partial charge in [0, 0.05) is 0 Å². The Labute approximate surface area is 199 Å². The van der Waals surface area contributed by atoms with Crippen LogP contribution in [0.1, 0.15) is 27.6 Å². The van der Waals surface area contributed by atoms with Crippen LogP contribution in [-0.4, -0.2) is 76.6 Å². The van der Waals surface area contributed by atoms with Crippen molar-refractivity contribution in [2.24, 2.45) is 0 Å². The fraction of sp³-hybridized carbons (Fsp3) is 0.348. The molecule has 11 heteroatoms. The maximum atomic E-state index is 12.9. The molecule has 2 aromatic rings. The van der Waals surface area contributed by atoms with E-state index in [1.54, 1.807) is 60.7 Å². The Kier molecular flexibility index (Phi) is 9.12. The molecule has 1 N–H and O–H groups in total. The van der Waals surface area contributed by atoms with Gasteiger partial charge in [0.1, 0.15) is 0 Å². The number of esters is 2. The van der Waals surface area contributed by atoms with Gasteiger partial charge in [-0.25, -0.2) is 0 Å².